The summed E-state index contributed by atoms with van der Waals surface area (Å²) >= 11 is 0. The first-order chi connectivity index (χ1) is 18.5. The molecule has 1 saturated heterocycles. The van der Waals surface area contributed by atoms with Crippen LogP contribution in [-0.4, -0.2) is 49.8 Å². The van der Waals surface area contributed by atoms with Gasteiger partial charge in [0.15, 0.2) is 0 Å². The molecule has 5 rings (SSSR count). The number of fused-ring (bicyclic) bond motifs is 1. The topological polar surface area (TPSA) is 66.9 Å². The average Bonchev–Trinajstić information content (AvgIpc) is 3.50. The molecule has 0 bridgehead atoms. The number of rotatable bonds is 9. The monoisotopic (exact) mass is 528 g/mol. The van der Waals surface area contributed by atoms with Crippen LogP contribution in [0.4, 0.5) is 0 Å². The number of para-hydroxylation sites is 1. The lowest BCUT2D eigenvalue weighted by molar-refractivity contribution is -0.134. The number of likely N-dealkylation sites (tertiary alicyclic amines) is 1. The van der Waals surface area contributed by atoms with Gasteiger partial charge in [0.05, 0.1) is 12.0 Å². The summed E-state index contributed by atoms with van der Waals surface area (Å²) in [5, 5.41) is 1.79. The van der Waals surface area contributed by atoms with Crippen LogP contribution in [0.2, 0.25) is 0 Å². The molecule has 196 valence electrons. The average molecular weight is 529 g/mol. The number of hydrogen-bond acceptors (Lipinski definition) is 4. The third kappa shape index (κ3) is 5.44. The van der Waals surface area contributed by atoms with Crippen molar-refractivity contribution in [3.8, 4) is 5.75 Å². The number of carbonyl (C=O) groups is 1. The van der Waals surface area contributed by atoms with E-state index >= 15 is 0 Å². The number of amides is 1. The Kier molecular flexibility index (Phi) is 7.77. The first-order valence-electron chi connectivity index (χ1n) is 12.9. The summed E-state index contributed by atoms with van der Waals surface area (Å²) in [6, 6.07) is 28.9. The number of sulfonamides is 1. The number of ether oxygens (including phenoxy) is 1. The number of benzene rings is 4. The molecule has 0 radical (unpaired) electrons. The van der Waals surface area contributed by atoms with Crippen molar-refractivity contribution in [2.75, 3.05) is 20.2 Å². The molecule has 6 nitrogen and oxygen atoms in total. The zero-order valence-corrected chi connectivity index (χ0v) is 22.3. The summed E-state index contributed by atoms with van der Waals surface area (Å²) in [6.07, 6.45) is 2.12. The third-order valence-electron chi connectivity index (χ3n) is 7.17. The lowest BCUT2D eigenvalue weighted by atomic mass is 10.0. The van der Waals surface area contributed by atoms with Crippen molar-refractivity contribution in [1.29, 1.82) is 0 Å². The molecule has 1 fully saturated rings. The predicted octanol–water partition coefficient (Wildman–Crippen LogP) is 5.27. The third-order valence-corrected chi connectivity index (χ3v) is 9.02. The van der Waals surface area contributed by atoms with E-state index in [0.29, 0.717) is 24.4 Å². The fraction of sp³-hybridized carbons (Fsp3) is 0.258. The van der Waals surface area contributed by atoms with Crippen molar-refractivity contribution < 1.29 is 17.9 Å². The highest BCUT2D eigenvalue weighted by Crippen LogP contribution is 2.30. The Morgan fingerprint density at radius 3 is 2.26 bits per heavy atom. The van der Waals surface area contributed by atoms with E-state index < -0.39 is 16.1 Å². The molecule has 1 amide bonds. The highest BCUT2D eigenvalue weighted by atomic mass is 32.2. The highest BCUT2D eigenvalue weighted by Gasteiger charge is 2.39. The molecule has 1 aliphatic rings. The second-order valence-electron chi connectivity index (χ2n) is 9.61. The predicted molar refractivity (Wildman–Crippen MR) is 149 cm³/mol. The first kappa shape index (κ1) is 25.9. The van der Waals surface area contributed by atoms with Crippen LogP contribution in [0, 0.1) is 0 Å². The van der Waals surface area contributed by atoms with Gasteiger partial charge in [-0.1, -0.05) is 78.9 Å². The SMILES string of the molecule is COc1ccccc1CN(C(Cc1ccccc1)C(=O)N1CCCC1)S(=O)(=O)c1ccc2ccccc2c1. The van der Waals surface area contributed by atoms with E-state index in [0.717, 1.165) is 29.2 Å². The normalized spacial score (nSPS) is 14.6. The van der Waals surface area contributed by atoms with Gasteiger partial charge in [0.25, 0.3) is 0 Å². The lowest BCUT2D eigenvalue weighted by Crippen LogP contribution is -2.51. The van der Waals surface area contributed by atoms with Crippen LogP contribution in [0.1, 0.15) is 24.0 Å². The summed E-state index contributed by atoms with van der Waals surface area (Å²) in [6.45, 7) is 1.29. The van der Waals surface area contributed by atoms with Crippen LogP contribution >= 0.6 is 0 Å². The molecule has 1 heterocycles. The Hall–Kier alpha value is -3.68. The maximum Gasteiger partial charge on any atom is 0.244 e. The molecule has 0 N–H and O–H groups in total. The van der Waals surface area contributed by atoms with E-state index in [1.54, 1.807) is 24.1 Å². The van der Waals surface area contributed by atoms with Crippen molar-refractivity contribution in [2.45, 2.75) is 36.7 Å². The molecule has 4 aromatic carbocycles. The van der Waals surface area contributed by atoms with E-state index in [1.165, 1.54) is 4.31 Å². The second kappa shape index (κ2) is 11.4. The van der Waals surface area contributed by atoms with E-state index in [4.69, 9.17) is 4.74 Å². The summed E-state index contributed by atoms with van der Waals surface area (Å²) in [5.74, 6) is 0.420. The van der Waals surface area contributed by atoms with Gasteiger partial charge < -0.3 is 9.64 Å². The lowest BCUT2D eigenvalue weighted by Gasteiger charge is -2.33. The Morgan fingerprint density at radius 1 is 0.868 bits per heavy atom. The highest BCUT2D eigenvalue weighted by molar-refractivity contribution is 7.89. The van der Waals surface area contributed by atoms with Crippen LogP contribution in [0.3, 0.4) is 0 Å². The van der Waals surface area contributed by atoms with Crippen molar-refractivity contribution in [1.82, 2.24) is 9.21 Å². The molecule has 1 unspecified atom stereocenters. The van der Waals surface area contributed by atoms with Gasteiger partial charge in [0.1, 0.15) is 11.8 Å². The molecule has 38 heavy (non-hydrogen) atoms. The Labute approximate surface area is 224 Å². The molecular formula is C31H32N2O4S. The van der Waals surface area contributed by atoms with E-state index in [9.17, 15) is 13.2 Å². The van der Waals surface area contributed by atoms with Crippen molar-refractivity contribution in [2.24, 2.45) is 0 Å². The summed E-state index contributed by atoms with van der Waals surface area (Å²) in [4.78, 5) is 16.0. The molecule has 7 heteroatoms. The van der Waals surface area contributed by atoms with Crippen molar-refractivity contribution in [3.05, 3.63) is 108 Å². The van der Waals surface area contributed by atoms with Crippen molar-refractivity contribution >= 4 is 26.7 Å². The second-order valence-corrected chi connectivity index (χ2v) is 11.5. The van der Waals surface area contributed by atoms with Gasteiger partial charge >= 0.3 is 0 Å². The van der Waals surface area contributed by atoms with Crippen molar-refractivity contribution in [3.63, 3.8) is 0 Å². The van der Waals surface area contributed by atoms with Gasteiger partial charge in [0.2, 0.25) is 15.9 Å². The Morgan fingerprint density at radius 2 is 1.53 bits per heavy atom. The molecule has 4 aromatic rings. The maximum absolute atomic E-state index is 14.4. The Balaban J connectivity index is 1.64. The molecule has 0 aromatic heterocycles. The number of carbonyl (C=O) groups excluding carboxylic acids is 1. The summed E-state index contributed by atoms with van der Waals surface area (Å²) in [5.41, 5.74) is 1.61. The standard InChI is InChI=1S/C31H32N2O4S/c1-37-30-16-8-7-15-27(30)23-33(38(35,36)28-18-17-25-13-5-6-14-26(25)22-28)29(21-24-11-3-2-4-12-24)31(34)32-19-9-10-20-32/h2-8,11-18,22,29H,9-10,19-21,23H2,1H3. The van der Waals surface area contributed by atoms with E-state index in [2.05, 4.69) is 0 Å². The number of hydrogen-bond donors (Lipinski definition) is 0. The van der Waals surface area contributed by atoms with Crippen LogP contribution in [0.15, 0.2) is 102 Å². The van der Waals surface area contributed by atoms with Crippen LogP contribution in [0.5, 0.6) is 5.75 Å². The Bertz CT molecular complexity index is 1520. The summed E-state index contributed by atoms with van der Waals surface area (Å²) < 4.78 is 35.8. The van der Waals surface area contributed by atoms with Gasteiger partial charge in [-0.05, 0) is 53.8 Å². The van der Waals surface area contributed by atoms with E-state index in [1.807, 2.05) is 84.9 Å². The molecule has 1 aliphatic heterocycles. The van der Waals surface area contributed by atoms with Gasteiger partial charge in [0, 0.05) is 25.2 Å². The van der Waals surface area contributed by atoms with Gasteiger partial charge in [-0.2, -0.15) is 4.31 Å². The largest absolute Gasteiger partial charge is 0.496 e. The fourth-order valence-corrected chi connectivity index (χ4v) is 6.72. The van der Waals surface area contributed by atoms with E-state index in [-0.39, 0.29) is 23.8 Å². The molecule has 1 atom stereocenters. The minimum absolute atomic E-state index is 0.0102. The maximum atomic E-state index is 14.4. The molecule has 0 saturated carbocycles. The zero-order chi connectivity index (χ0) is 26.5. The number of nitrogens with zero attached hydrogens (tertiary/aromatic N) is 2. The van der Waals surface area contributed by atoms with Gasteiger partial charge in [-0.3, -0.25) is 4.79 Å². The minimum atomic E-state index is -4.08. The quantitative estimate of drug-likeness (QED) is 0.297. The first-order valence-corrected chi connectivity index (χ1v) is 14.4. The fourth-order valence-electron chi connectivity index (χ4n) is 5.13. The van der Waals surface area contributed by atoms with Crippen LogP contribution < -0.4 is 4.74 Å². The van der Waals surface area contributed by atoms with Gasteiger partial charge in [-0.15, -0.1) is 0 Å². The number of methoxy groups -OCH3 is 1. The van der Waals surface area contributed by atoms with Crippen LogP contribution in [-0.2, 0) is 27.8 Å². The zero-order valence-electron chi connectivity index (χ0n) is 21.5. The molecule has 0 aliphatic carbocycles. The molecule has 0 spiro atoms. The summed E-state index contributed by atoms with van der Waals surface area (Å²) in [7, 11) is -2.51. The van der Waals surface area contributed by atoms with Crippen LogP contribution in [0.25, 0.3) is 10.8 Å². The smallest absolute Gasteiger partial charge is 0.244 e. The minimum Gasteiger partial charge on any atom is -0.496 e. The van der Waals surface area contributed by atoms with Gasteiger partial charge in [-0.25, -0.2) is 8.42 Å². The molecular weight excluding hydrogens is 496 g/mol.